The Morgan fingerprint density at radius 1 is 1.00 bits per heavy atom. The zero-order valence-electron chi connectivity index (χ0n) is 11.8. The van der Waals surface area contributed by atoms with E-state index in [1.165, 1.54) is 16.7 Å². The highest BCUT2D eigenvalue weighted by molar-refractivity contribution is 5.77. The van der Waals surface area contributed by atoms with Gasteiger partial charge >= 0.3 is 0 Å². The van der Waals surface area contributed by atoms with E-state index in [-0.39, 0.29) is 0 Å². The van der Waals surface area contributed by atoms with Crippen molar-refractivity contribution >= 4 is 11.0 Å². The minimum Gasteiger partial charge on any atom is -0.458 e. The van der Waals surface area contributed by atoms with Gasteiger partial charge in [0, 0.05) is 11.8 Å². The van der Waals surface area contributed by atoms with Crippen molar-refractivity contribution in [3.63, 3.8) is 0 Å². The van der Waals surface area contributed by atoms with Gasteiger partial charge < -0.3 is 9.52 Å². The van der Waals surface area contributed by atoms with Crippen LogP contribution in [-0.4, -0.2) is 5.11 Å². The number of hydrogen-bond donors (Lipinski definition) is 1. The van der Waals surface area contributed by atoms with Crippen LogP contribution in [0.3, 0.4) is 0 Å². The van der Waals surface area contributed by atoms with Gasteiger partial charge in [0.1, 0.15) is 17.4 Å². The molecule has 3 rings (SSSR count). The fourth-order valence-electron chi connectivity index (χ4n) is 2.63. The molecule has 2 nitrogen and oxygen atoms in total. The van der Waals surface area contributed by atoms with Crippen LogP contribution in [0.1, 0.15) is 28.6 Å². The average Bonchev–Trinajstić information content (AvgIpc) is 2.87. The van der Waals surface area contributed by atoms with Crippen LogP contribution in [0.25, 0.3) is 11.0 Å². The zero-order valence-corrected chi connectivity index (χ0v) is 11.8. The maximum Gasteiger partial charge on any atom is 0.134 e. The molecule has 1 N–H and O–H groups in total. The number of aliphatic hydroxyl groups is 1. The van der Waals surface area contributed by atoms with Gasteiger partial charge in [0.2, 0.25) is 0 Å². The fourth-order valence-corrected chi connectivity index (χ4v) is 2.63. The van der Waals surface area contributed by atoms with Crippen LogP contribution < -0.4 is 0 Å². The maximum atomic E-state index is 10.4. The lowest BCUT2D eigenvalue weighted by molar-refractivity contribution is 0.152. The van der Waals surface area contributed by atoms with Gasteiger partial charge in [-0.25, -0.2) is 0 Å². The minimum atomic E-state index is -0.609. The molecule has 1 atom stereocenters. The molecule has 3 aromatic rings. The molecule has 1 heterocycles. The SMILES string of the molecule is Cc1cccc(C)c1CC(O)c1cc2ccccc2o1. The molecular formula is C18H18O2. The van der Waals surface area contributed by atoms with Crippen molar-refractivity contribution in [3.8, 4) is 0 Å². The largest absolute Gasteiger partial charge is 0.458 e. The Kier molecular flexibility index (Phi) is 3.33. The molecule has 0 aliphatic rings. The molecule has 0 spiro atoms. The van der Waals surface area contributed by atoms with Gasteiger partial charge in [0.05, 0.1) is 0 Å². The number of aliphatic hydroxyl groups excluding tert-OH is 1. The Balaban J connectivity index is 1.91. The maximum absolute atomic E-state index is 10.4. The van der Waals surface area contributed by atoms with Crippen molar-refractivity contribution in [2.45, 2.75) is 26.4 Å². The average molecular weight is 266 g/mol. The summed E-state index contributed by atoms with van der Waals surface area (Å²) in [5.41, 5.74) is 4.43. The van der Waals surface area contributed by atoms with Crippen LogP contribution in [0.4, 0.5) is 0 Å². The van der Waals surface area contributed by atoms with E-state index in [0.29, 0.717) is 12.2 Å². The number of fused-ring (bicyclic) bond motifs is 1. The summed E-state index contributed by atoms with van der Waals surface area (Å²) in [7, 11) is 0. The quantitative estimate of drug-likeness (QED) is 0.765. The van der Waals surface area contributed by atoms with E-state index in [2.05, 4.69) is 26.0 Å². The predicted octanol–water partition coefficient (Wildman–Crippen LogP) is 4.33. The molecule has 0 saturated heterocycles. The van der Waals surface area contributed by atoms with Gasteiger partial charge in [-0.3, -0.25) is 0 Å². The van der Waals surface area contributed by atoms with E-state index in [1.54, 1.807) is 0 Å². The molecule has 102 valence electrons. The Morgan fingerprint density at radius 2 is 1.70 bits per heavy atom. The summed E-state index contributed by atoms with van der Waals surface area (Å²) in [6.07, 6.45) is -0.0274. The Bertz CT molecular complexity index is 687. The van der Waals surface area contributed by atoms with Crippen molar-refractivity contribution in [1.82, 2.24) is 0 Å². The smallest absolute Gasteiger partial charge is 0.134 e. The molecule has 0 amide bonds. The second kappa shape index (κ2) is 5.14. The fraction of sp³-hybridized carbons (Fsp3) is 0.222. The van der Waals surface area contributed by atoms with E-state index in [4.69, 9.17) is 4.42 Å². The molecule has 0 fully saturated rings. The summed E-state index contributed by atoms with van der Waals surface area (Å²) in [5.74, 6) is 0.633. The van der Waals surface area contributed by atoms with Crippen molar-refractivity contribution in [3.05, 3.63) is 71.0 Å². The highest BCUT2D eigenvalue weighted by Crippen LogP contribution is 2.27. The van der Waals surface area contributed by atoms with Crippen LogP contribution in [0.2, 0.25) is 0 Å². The summed E-state index contributed by atoms with van der Waals surface area (Å²) < 4.78 is 5.73. The Labute approximate surface area is 118 Å². The number of hydrogen-bond acceptors (Lipinski definition) is 2. The first-order chi connectivity index (χ1) is 9.65. The molecule has 1 unspecified atom stereocenters. The second-order valence-electron chi connectivity index (χ2n) is 5.28. The first kappa shape index (κ1) is 12.9. The van der Waals surface area contributed by atoms with Crippen molar-refractivity contribution in [2.24, 2.45) is 0 Å². The van der Waals surface area contributed by atoms with E-state index >= 15 is 0 Å². The second-order valence-corrected chi connectivity index (χ2v) is 5.28. The summed E-state index contributed by atoms with van der Waals surface area (Å²) in [6, 6.07) is 15.9. The first-order valence-corrected chi connectivity index (χ1v) is 6.87. The zero-order chi connectivity index (χ0) is 14.1. The summed E-state index contributed by atoms with van der Waals surface area (Å²) in [4.78, 5) is 0. The normalized spacial score (nSPS) is 12.8. The molecule has 0 saturated carbocycles. The van der Waals surface area contributed by atoms with Crippen molar-refractivity contribution in [1.29, 1.82) is 0 Å². The molecule has 0 bridgehead atoms. The number of aryl methyl sites for hydroxylation is 2. The highest BCUT2D eigenvalue weighted by atomic mass is 16.4. The standard InChI is InChI=1S/C18H18O2/c1-12-6-5-7-13(2)15(12)11-16(19)18-10-14-8-3-4-9-17(14)20-18/h3-10,16,19H,11H2,1-2H3. The lowest BCUT2D eigenvalue weighted by Crippen LogP contribution is -2.03. The lowest BCUT2D eigenvalue weighted by atomic mass is 9.97. The van der Waals surface area contributed by atoms with Crippen LogP contribution in [0.5, 0.6) is 0 Å². The Morgan fingerprint density at radius 3 is 2.40 bits per heavy atom. The third-order valence-electron chi connectivity index (χ3n) is 3.81. The van der Waals surface area contributed by atoms with Gasteiger partial charge in [-0.05, 0) is 42.7 Å². The molecule has 0 radical (unpaired) electrons. The summed E-state index contributed by atoms with van der Waals surface area (Å²) in [5, 5.41) is 11.5. The van der Waals surface area contributed by atoms with Gasteiger partial charge in [0.15, 0.2) is 0 Å². The first-order valence-electron chi connectivity index (χ1n) is 6.87. The lowest BCUT2D eigenvalue weighted by Gasteiger charge is -2.13. The van der Waals surface area contributed by atoms with Crippen LogP contribution in [0.15, 0.2) is 52.9 Å². The molecular weight excluding hydrogens is 248 g/mol. The van der Waals surface area contributed by atoms with Gasteiger partial charge in [-0.2, -0.15) is 0 Å². The van der Waals surface area contributed by atoms with E-state index in [1.807, 2.05) is 36.4 Å². The molecule has 0 aliphatic heterocycles. The third-order valence-corrected chi connectivity index (χ3v) is 3.81. The summed E-state index contributed by atoms with van der Waals surface area (Å²) in [6.45, 7) is 4.15. The number of benzene rings is 2. The van der Waals surface area contributed by atoms with Crippen molar-refractivity contribution in [2.75, 3.05) is 0 Å². The van der Waals surface area contributed by atoms with E-state index < -0.39 is 6.10 Å². The highest BCUT2D eigenvalue weighted by Gasteiger charge is 2.16. The monoisotopic (exact) mass is 266 g/mol. The molecule has 0 aliphatic carbocycles. The molecule has 2 heteroatoms. The van der Waals surface area contributed by atoms with Gasteiger partial charge in [-0.1, -0.05) is 36.4 Å². The van der Waals surface area contributed by atoms with E-state index in [0.717, 1.165) is 11.0 Å². The Hall–Kier alpha value is -2.06. The van der Waals surface area contributed by atoms with Crippen molar-refractivity contribution < 1.29 is 9.52 Å². The summed E-state index contributed by atoms with van der Waals surface area (Å²) >= 11 is 0. The predicted molar refractivity (Wildman–Crippen MR) is 80.8 cm³/mol. The third kappa shape index (κ3) is 2.35. The minimum absolute atomic E-state index is 0.582. The number of para-hydroxylation sites is 1. The van der Waals surface area contributed by atoms with Gasteiger partial charge in [0.25, 0.3) is 0 Å². The van der Waals surface area contributed by atoms with Crippen LogP contribution in [-0.2, 0) is 6.42 Å². The van der Waals surface area contributed by atoms with Crippen LogP contribution in [0, 0.1) is 13.8 Å². The van der Waals surface area contributed by atoms with E-state index in [9.17, 15) is 5.11 Å². The molecule has 2 aromatic carbocycles. The molecule has 1 aromatic heterocycles. The number of furan rings is 1. The van der Waals surface area contributed by atoms with Gasteiger partial charge in [-0.15, -0.1) is 0 Å². The molecule has 20 heavy (non-hydrogen) atoms. The topological polar surface area (TPSA) is 33.4 Å². The van der Waals surface area contributed by atoms with Crippen LogP contribution >= 0.6 is 0 Å². The number of rotatable bonds is 3.